The quantitative estimate of drug-likeness (QED) is 0.0356. The molecule has 0 aromatic carbocycles. The van der Waals surface area contributed by atoms with E-state index >= 15 is 0 Å². The van der Waals surface area contributed by atoms with Crippen LogP contribution in [0.2, 0.25) is 0 Å². The average Bonchev–Trinajstić information content (AvgIpc) is 3.11. The molecular weight excluding hydrogens is 636 g/mol. The molecule has 0 aromatic heterocycles. The summed E-state index contributed by atoms with van der Waals surface area (Å²) in [6.07, 6.45) is 38.0. The van der Waals surface area contributed by atoms with Crippen LogP contribution in [0.4, 0.5) is 0 Å². The Morgan fingerprint density at radius 1 is 0.373 bits per heavy atom. The zero-order valence-electron chi connectivity index (χ0n) is 34.6. The van der Waals surface area contributed by atoms with Crippen LogP contribution >= 0.6 is 0 Å². The molecule has 0 rings (SSSR count). The first-order chi connectivity index (χ1) is 24.9. The topological polar surface area (TPSA) is 78.9 Å². The molecule has 302 valence electrons. The summed E-state index contributed by atoms with van der Waals surface area (Å²) in [5.74, 6) is -0.0813. The van der Waals surface area contributed by atoms with E-state index in [1.165, 1.54) is 141 Å². The fraction of sp³-hybridized carbons (Fsp3) is 0.933. The van der Waals surface area contributed by atoms with Gasteiger partial charge in [-0.1, -0.05) is 207 Å². The molecule has 0 fully saturated rings. The van der Waals surface area contributed by atoms with E-state index in [0.717, 1.165) is 63.7 Å². The molecule has 0 N–H and O–H groups in total. The number of carbonyl (C=O) groups excluding carboxylic acids is 3. The molecule has 6 nitrogen and oxygen atoms in total. The van der Waals surface area contributed by atoms with Gasteiger partial charge < -0.3 is 14.2 Å². The minimum Gasteiger partial charge on any atom is -0.462 e. The maximum absolute atomic E-state index is 12.7. The minimum atomic E-state index is -0.759. The standard InChI is InChI=1S/C45H86O6/c1-5-7-9-11-13-15-17-18-19-21-25-29-33-37-44(47)50-40-42(51-45(48)38-34-30-26-22-23-27-31-35-41(3)4)39-49-43(46)36-32-28-24-20-16-14-12-10-8-6-2/h41-42H,5-40H2,1-4H3/t42-/m1/s1. The number of hydrogen-bond acceptors (Lipinski definition) is 6. The molecule has 0 heterocycles. The van der Waals surface area contributed by atoms with Gasteiger partial charge in [0.15, 0.2) is 6.10 Å². The highest BCUT2D eigenvalue weighted by molar-refractivity contribution is 5.71. The van der Waals surface area contributed by atoms with Crippen LogP contribution in [0.15, 0.2) is 0 Å². The van der Waals surface area contributed by atoms with Gasteiger partial charge in [0.1, 0.15) is 13.2 Å². The Morgan fingerprint density at radius 2 is 0.647 bits per heavy atom. The van der Waals surface area contributed by atoms with E-state index in [0.29, 0.717) is 19.3 Å². The van der Waals surface area contributed by atoms with Crippen molar-refractivity contribution < 1.29 is 28.6 Å². The summed E-state index contributed by atoms with van der Waals surface area (Å²) >= 11 is 0. The Hall–Kier alpha value is -1.59. The molecule has 0 aliphatic heterocycles. The highest BCUT2D eigenvalue weighted by Gasteiger charge is 2.19. The van der Waals surface area contributed by atoms with E-state index < -0.39 is 6.10 Å². The van der Waals surface area contributed by atoms with Gasteiger partial charge in [-0.05, 0) is 25.2 Å². The molecule has 0 aliphatic carbocycles. The predicted molar refractivity (Wildman–Crippen MR) is 215 cm³/mol. The molecule has 0 spiro atoms. The van der Waals surface area contributed by atoms with E-state index in [1.807, 2.05) is 0 Å². The van der Waals surface area contributed by atoms with Crippen LogP contribution in [0.3, 0.4) is 0 Å². The lowest BCUT2D eigenvalue weighted by Gasteiger charge is -2.18. The van der Waals surface area contributed by atoms with Crippen molar-refractivity contribution in [2.45, 2.75) is 252 Å². The molecule has 6 heteroatoms. The van der Waals surface area contributed by atoms with E-state index in [9.17, 15) is 14.4 Å². The van der Waals surface area contributed by atoms with Gasteiger partial charge in [-0.2, -0.15) is 0 Å². The summed E-state index contributed by atoms with van der Waals surface area (Å²) in [5.41, 5.74) is 0. The lowest BCUT2D eigenvalue weighted by Crippen LogP contribution is -2.30. The highest BCUT2D eigenvalue weighted by Crippen LogP contribution is 2.16. The third-order valence-corrected chi connectivity index (χ3v) is 10.0. The Kier molecular flexibility index (Phi) is 38.4. The van der Waals surface area contributed by atoms with Crippen molar-refractivity contribution in [3.63, 3.8) is 0 Å². The molecule has 1 atom stereocenters. The number of hydrogen-bond donors (Lipinski definition) is 0. The van der Waals surface area contributed by atoms with Crippen LogP contribution in [0.25, 0.3) is 0 Å². The summed E-state index contributed by atoms with van der Waals surface area (Å²) in [6, 6.07) is 0. The van der Waals surface area contributed by atoms with Gasteiger partial charge in [-0.3, -0.25) is 14.4 Å². The zero-order valence-corrected chi connectivity index (χ0v) is 34.6. The van der Waals surface area contributed by atoms with Gasteiger partial charge in [0.05, 0.1) is 0 Å². The number of rotatable bonds is 40. The van der Waals surface area contributed by atoms with Gasteiger partial charge in [0.2, 0.25) is 0 Å². The van der Waals surface area contributed by atoms with Crippen molar-refractivity contribution in [1.82, 2.24) is 0 Å². The number of ether oxygens (including phenoxy) is 3. The molecule has 0 saturated carbocycles. The third-order valence-electron chi connectivity index (χ3n) is 10.0. The molecule has 0 saturated heterocycles. The number of esters is 3. The normalized spacial score (nSPS) is 11.9. The summed E-state index contributed by atoms with van der Waals surface area (Å²) in [7, 11) is 0. The Bertz CT molecular complexity index is 766. The molecular formula is C45H86O6. The smallest absolute Gasteiger partial charge is 0.306 e. The average molecular weight is 723 g/mol. The summed E-state index contributed by atoms with van der Waals surface area (Å²) in [5, 5.41) is 0. The fourth-order valence-corrected chi connectivity index (χ4v) is 6.63. The number of carbonyl (C=O) groups is 3. The first-order valence-corrected chi connectivity index (χ1v) is 22.4. The largest absolute Gasteiger partial charge is 0.462 e. The molecule has 51 heavy (non-hydrogen) atoms. The second-order valence-corrected chi connectivity index (χ2v) is 15.8. The van der Waals surface area contributed by atoms with Gasteiger partial charge >= 0.3 is 17.9 Å². The van der Waals surface area contributed by atoms with Crippen molar-refractivity contribution in [1.29, 1.82) is 0 Å². The second-order valence-electron chi connectivity index (χ2n) is 15.8. The minimum absolute atomic E-state index is 0.0646. The first kappa shape index (κ1) is 49.4. The maximum Gasteiger partial charge on any atom is 0.306 e. The Morgan fingerprint density at radius 3 is 0.961 bits per heavy atom. The third kappa shape index (κ3) is 39.5. The van der Waals surface area contributed by atoms with Crippen LogP contribution < -0.4 is 0 Å². The van der Waals surface area contributed by atoms with Crippen LogP contribution in [0, 0.1) is 5.92 Å². The fourth-order valence-electron chi connectivity index (χ4n) is 6.63. The van der Waals surface area contributed by atoms with Gasteiger partial charge in [-0.15, -0.1) is 0 Å². The van der Waals surface area contributed by atoms with Gasteiger partial charge in [-0.25, -0.2) is 0 Å². The lowest BCUT2D eigenvalue weighted by atomic mass is 10.0. The summed E-state index contributed by atoms with van der Waals surface area (Å²) in [4.78, 5) is 37.6. The van der Waals surface area contributed by atoms with E-state index in [2.05, 4.69) is 27.7 Å². The SMILES string of the molecule is CCCCCCCCCCCCCCCC(=O)OC[C@@H](COC(=O)CCCCCCCCCCCC)OC(=O)CCCCCCCCCC(C)C. The Labute approximate surface area is 317 Å². The summed E-state index contributed by atoms with van der Waals surface area (Å²) < 4.78 is 16.7. The Balaban J connectivity index is 4.31. The van der Waals surface area contributed by atoms with Crippen LogP contribution in [0.5, 0.6) is 0 Å². The highest BCUT2D eigenvalue weighted by atomic mass is 16.6. The second kappa shape index (κ2) is 39.6. The van der Waals surface area contributed by atoms with Crippen molar-refractivity contribution >= 4 is 17.9 Å². The molecule has 0 amide bonds. The molecule has 0 radical (unpaired) electrons. The van der Waals surface area contributed by atoms with Crippen LogP contribution in [-0.2, 0) is 28.6 Å². The zero-order chi connectivity index (χ0) is 37.5. The molecule has 0 bridgehead atoms. The first-order valence-electron chi connectivity index (χ1n) is 22.4. The predicted octanol–water partition coefficient (Wildman–Crippen LogP) is 13.9. The van der Waals surface area contributed by atoms with Crippen LogP contribution in [0.1, 0.15) is 246 Å². The van der Waals surface area contributed by atoms with Crippen molar-refractivity contribution in [3.05, 3.63) is 0 Å². The van der Waals surface area contributed by atoms with E-state index in [-0.39, 0.29) is 31.1 Å². The number of unbranched alkanes of at least 4 members (excludes halogenated alkanes) is 27. The molecule has 0 aliphatic rings. The van der Waals surface area contributed by atoms with Crippen molar-refractivity contribution in [2.24, 2.45) is 5.92 Å². The van der Waals surface area contributed by atoms with E-state index in [4.69, 9.17) is 14.2 Å². The lowest BCUT2D eigenvalue weighted by molar-refractivity contribution is -0.167. The van der Waals surface area contributed by atoms with Crippen LogP contribution in [-0.4, -0.2) is 37.2 Å². The van der Waals surface area contributed by atoms with E-state index in [1.54, 1.807) is 0 Å². The summed E-state index contributed by atoms with van der Waals surface area (Å²) in [6.45, 7) is 8.93. The van der Waals surface area contributed by atoms with Crippen molar-refractivity contribution in [2.75, 3.05) is 13.2 Å². The molecule has 0 unspecified atom stereocenters. The maximum atomic E-state index is 12.7. The molecule has 0 aromatic rings. The monoisotopic (exact) mass is 723 g/mol. The van der Waals surface area contributed by atoms with Gasteiger partial charge in [0.25, 0.3) is 0 Å². The van der Waals surface area contributed by atoms with Crippen molar-refractivity contribution in [3.8, 4) is 0 Å². The van der Waals surface area contributed by atoms with Gasteiger partial charge in [0, 0.05) is 19.3 Å².